The van der Waals surface area contributed by atoms with Crippen LogP contribution in [0.1, 0.15) is 16.7 Å². The number of para-hydroxylation sites is 1. The molecule has 0 radical (unpaired) electrons. The number of rotatable bonds is 9. The van der Waals surface area contributed by atoms with Crippen LogP contribution in [0.25, 0.3) is 10.9 Å². The average molecular weight is 435 g/mol. The van der Waals surface area contributed by atoms with Gasteiger partial charge >= 0.3 is 5.97 Å². The van der Waals surface area contributed by atoms with Crippen LogP contribution in [0.15, 0.2) is 79.0 Å². The number of nitrogens with one attached hydrogen (secondary N) is 2. The number of carbonyl (C=O) groups is 1. The first-order valence-corrected chi connectivity index (χ1v) is 10.4. The molecule has 1 aromatic heterocycles. The molecule has 3 N–H and O–H groups in total. The van der Waals surface area contributed by atoms with Crippen molar-refractivity contribution in [3.63, 3.8) is 0 Å². The van der Waals surface area contributed by atoms with Gasteiger partial charge in [-0.2, -0.15) is 0 Å². The van der Waals surface area contributed by atoms with Crippen LogP contribution in [-0.2, 0) is 24.4 Å². The Morgan fingerprint density at radius 3 is 2.61 bits per heavy atom. The summed E-state index contributed by atoms with van der Waals surface area (Å²) in [6.07, 6.45) is 2.23. The highest BCUT2D eigenvalue weighted by molar-refractivity contribution is 6.30. The summed E-state index contributed by atoms with van der Waals surface area (Å²) >= 11 is 6.19. The Balaban J connectivity index is 1.47. The minimum absolute atomic E-state index is 0.323. The lowest BCUT2D eigenvalue weighted by atomic mass is 10.0. The molecule has 5 nitrogen and oxygen atoms in total. The van der Waals surface area contributed by atoms with Gasteiger partial charge in [0.05, 0.1) is 0 Å². The third-order valence-corrected chi connectivity index (χ3v) is 5.43. The molecule has 0 aliphatic rings. The number of H-pyrrole nitrogens is 1. The molecule has 4 rings (SSSR count). The predicted octanol–water partition coefficient (Wildman–Crippen LogP) is 5.19. The molecule has 3 aromatic carbocycles. The van der Waals surface area contributed by atoms with Crippen LogP contribution in [0.4, 0.5) is 0 Å². The summed E-state index contributed by atoms with van der Waals surface area (Å²) < 4.78 is 5.98. The second kappa shape index (κ2) is 9.69. The van der Waals surface area contributed by atoms with Gasteiger partial charge in [0, 0.05) is 40.7 Å². The van der Waals surface area contributed by atoms with Gasteiger partial charge in [0.1, 0.15) is 18.4 Å². The van der Waals surface area contributed by atoms with E-state index in [4.69, 9.17) is 16.3 Å². The Hall–Kier alpha value is -3.28. The molecule has 4 aromatic rings. The maximum atomic E-state index is 11.9. The van der Waals surface area contributed by atoms with Crippen molar-refractivity contribution in [3.05, 3.63) is 101 Å². The molecule has 0 amide bonds. The van der Waals surface area contributed by atoms with Crippen molar-refractivity contribution in [1.82, 2.24) is 10.3 Å². The second-order valence-electron chi connectivity index (χ2n) is 7.36. The number of ether oxygens (including phenoxy) is 1. The fraction of sp³-hybridized carbons (Fsp3) is 0.160. The van der Waals surface area contributed by atoms with Crippen LogP contribution in [0, 0.1) is 0 Å². The lowest BCUT2D eigenvalue weighted by Gasteiger charge is -2.17. The standard InChI is InChI=1S/C25H23ClN2O3/c26-20-10-11-24(31-16-17-6-2-1-3-7-17)19(12-20)15-28-23(25(29)30)13-18-14-27-22-9-5-4-8-21(18)22/h1-12,14,23,27-28H,13,15-16H2,(H,29,30)/t23-/m1/s1. The van der Waals surface area contributed by atoms with Gasteiger partial charge in [-0.25, -0.2) is 0 Å². The molecule has 1 atom stereocenters. The van der Waals surface area contributed by atoms with Crippen molar-refractivity contribution < 1.29 is 14.6 Å². The first-order chi connectivity index (χ1) is 15.1. The molecule has 0 spiro atoms. The van der Waals surface area contributed by atoms with E-state index < -0.39 is 12.0 Å². The molecule has 0 saturated carbocycles. The van der Waals surface area contributed by atoms with E-state index in [0.717, 1.165) is 27.6 Å². The van der Waals surface area contributed by atoms with Crippen molar-refractivity contribution in [2.24, 2.45) is 0 Å². The second-order valence-corrected chi connectivity index (χ2v) is 7.80. The Morgan fingerprint density at radius 1 is 1.03 bits per heavy atom. The van der Waals surface area contributed by atoms with Crippen molar-refractivity contribution >= 4 is 28.5 Å². The minimum Gasteiger partial charge on any atom is -0.489 e. The zero-order valence-corrected chi connectivity index (χ0v) is 17.6. The number of halogens is 1. The maximum Gasteiger partial charge on any atom is 0.321 e. The molecular formula is C25H23ClN2O3. The maximum absolute atomic E-state index is 11.9. The summed E-state index contributed by atoms with van der Waals surface area (Å²) in [7, 11) is 0. The quantitative estimate of drug-likeness (QED) is 0.339. The number of fused-ring (bicyclic) bond motifs is 1. The van der Waals surface area contributed by atoms with E-state index in [9.17, 15) is 9.90 Å². The summed E-state index contributed by atoms with van der Waals surface area (Å²) in [6, 6.07) is 22.4. The van der Waals surface area contributed by atoms with E-state index in [1.54, 1.807) is 12.1 Å². The molecule has 0 aliphatic carbocycles. The minimum atomic E-state index is -0.904. The summed E-state index contributed by atoms with van der Waals surface area (Å²) in [5.41, 5.74) is 3.82. The Bertz CT molecular complexity index is 1170. The number of benzene rings is 3. The van der Waals surface area contributed by atoms with Crippen LogP contribution in [0.3, 0.4) is 0 Å². The van der Waals surface area contributed by atoms with Crippen LogP contribution >= 0.6 is 11.6 Å². The number of hydrogen-bond acceptors (Lipinski definition) is 3. The highest BCUT2D eigenvalue weighted by Gasteiger charge is 2.20. The number of carboxylic acids is 1. The molecule has 1 heterocycles. The van der Waals surface area contributed by atoms with Crippen molar-refractivity contribution in [1.29, 1.82) is 0 Å². The number of carboxylic acid groups (broad SMARTS) is 1. The average Bonchev–Trinajstić information content (AvgIpc) is 3.19. The number of aromatic nitrogens is 1. The van der Waals surface area contributed by atoms with E-state index in [1.807, 2.05) is 66.9 Å². The van der Waals surface area contributed by atoms with Gasteiger partial charge in [-0.1, -0.05) is 60.1 Å². The lowest BCUT2D eigenvalue weighted by molar-refractivity contribution is -0.139. The van der Waals surface area contributed by atoms with Gasteiger partial charge < -0.3 is 14.8 Å². The molecule has 0 unspecified atom stereocenters. The van der Waals surface area contributed by atoms with E-state index in [2.05, 4.69) is 10.3 Å². The van der Waals surface area contributed by atoms with E-state index in [0.29, 0.717) is 30.3 Å². The highest BCUT2D eigenvalue weighted by Crippen LogP contribution is 2.25. The molecule has 6 heteroatoms. The number of aliphatic carboxylic acids is 1. The first-order valence-electron chi connectivity index (χ1n) is 10.1. The molecule has 31 heavy (non-hydrogen) atoms. The molecule has 0 aliphatic heterocycles. The number of aromatic amines is 1. The third-order valence-electron chi connectivity index (χ3n) is 5.20. The Kier molecular flexibility index (Phi) is 6.55. The fourth-order valence-electron chi connectivity index (χ4n) is 3.56. The fourth-order valence-corrected chi connectivity index (χ4v) is 3.76. The monoisotopic (exact) mass is 434 g/mol. The van der Waals surface area contributed by atoms with Gasteiger partial charge in [0.25, 0.3) is 0 Å². The number of hydrogen-bond donors (Lipinski definition) is 3. The zero-order chi connectivity index (χ0) is 21.6. The van der Waals surface area contributed by atoms with Crippen LogP contribution in [0.2, 0.25) is 5.02 Å². The van der Waals surface area contributed by atoms with Gasteiger partial charge in [-0.05, 0) is 35.4 Å². The normalized spacial score (nSPS) is 12.0. The smallest absolute Gasteiger partial charge is 0.321 e. The topological polar surface area (TPSA) is 74.3 Å². The molecule has 0 fully saturated rings. The van der Waals surface area contributed by atoms with Crippen molar-refractivity contribution in [3.8, 4) is 5.75 Å². The molecule has 158 valence electrons. The Labute approximate surface area is 185 Å². The third kappa shape index (κ3) is 5.26. The van der Waals surface area contributed by atoms with Gasteiger partial charge in [-0.3, -0.25) is 10.1 Å². The molecular weight excluding hydrogens is 412 g/mol. The predicted molar refractivity (Wildman–Crippen MR) is 122 cm³/mol. The van der Waals surface area contributed by atoms with Gasteiger partial charge in [-0.15, -0.1) is 0 Å². The van der Waals surface area contributed by atoms with Crippen LogP contribution < -0.4 is 10.1 Å². The summed E-state index contributed by atoms with van der Waals surface area (Å²) in [5.74, 6) is -0.226. The molecule has 0 saturated heterocycles. The van der Waals surface area contributed by atoms with Gasteiger partial charge in [0.2, 0.25) is 0 Å². The van der Waals surface area contributed by atoms with Crippen molar-refractivity contribution in [2.45, 2.75) is 25.6 Å². The van der Waals surface area contributed by atoms with Crippen molar-refractivity contribution in [2.75, 3.05) is 0 Å². The van der Waals surface area contributed by atoms with Crippen LogP contribution in [-0.4, -0.2) is 22.1 Å². The SMILES string of the molecule is O=C(O)[C@@H](Cc1c[nH]c2ccccc12)NCc1cc(Cl)ccc1OCc1ccccc1. The van der Waals surface area contributed by atoms with Gasteiger partial charge in [0.15, 0.2) is 0 Å². The first kappa shape index (κ1) is 21.0. The summed E-state index contributed by atoms with van der Waals surface area (Å²) in [5, 5.41) is 14.5. The summed E-state index contributed by atoms with van der Waals surface area (Å²) in [6.45, 7) is 0.747. The summed E-state index contributed by atoms with van der Waals surface area (Å²) in [4.78, 5) is 15.1. The molecule has 0 bridgehead atoms. The highest BCUT2D eigenvalue weighted by atomic mass is 35.5. The van der Waals surface area contributed by atoms with Crippen LogP contribution in [0.5, 0.6) is 5.75 Å². The largest absolute Gasteiger partial charge is 0.489 e. The Morgan fingerprint density at radius 2 is 1.81 bits per heavy atom. The van der Waals surface area contributed by atoms with E-state index >= 15 is 0 Å². The lowest BCUT2D eigenvalue weighted by Crippen LogP contribution is -2.38. The van der Waals surface area contributed by atoms with E-state index in [-0.39, 0.29) is 0 Å². The zero-order valence-electron chi connectivity index (χ0n) is 16.8. The van der Waals surface area contributed by atoms with E-state index in [1.165, 1.54) is 0 Å².